The van der Waals surface area contributed by atoms with E-state index in [2.05, 4.69) is 11.8 Å². The lowest BCUT2D eigenvalue weighted by atomic mass is 9.75. The van der Waals surface area contributed by atoms with E-state index in [-0.39, 0.29) is 23.4 Å². The molecule has 0 radical (unpaired) electrons. The maximum atomic E-state index is 12.8. The molecule has 0 N–H and O–H groups in total. The lowest BCUT2D eigenvalue weighted by molar-refractivity contribution is -0.136. The molecule has 0 spiro atoms. The van der Waals surface area contributed by atoms with Gasteiger partial charge >= 0.3 is 0 Å². The Morgan fingerprint density at radius 2 is 1.87 bits per heavy atom. The molecule has 0 saturated heterocycles. The third kappa shape index (κ3) is 2.77. The maximum absolute atomic E-state index is 12.8. The van der Waals surface area contributed by atoms with Gasteiger partial charge in [0, 0.05) is 28.0 Å². The number of ketones is 2. The van der Waals surface area contributed by atoms with Crippen molar-refractivity contribution in [1.82, 2.24) is 0 Å². The molecule has 4 heteroatoms. The molecule has 0 aromatic heterocycles. The predicted octanol–water partition coefficient (Wildman–Crippen LogP) is 3.76. The van der Waals surface area contributed by atoms with E-state index in [1.165, 1.54) is 0 Å². The number of carbonyl (C=O) groups is 2. The highest BCUT2D eigenvalue weighted by molar-refractivity contribution is 6.33. The molecular weight excluding hydrogens is 312 g/mol. The second-order valence-electron chi connectivity index (χ2n) is 6.12. The van der Waals surface area contributed by atoms with Crippen LogP contribution in [0.25, 0.3) is 0 Å². The smallest absolute Gasteiger partial charge is 0.151 e. The number of ether oxygens (including phenoxy) is 1. The van der Waals surface area contributed by atoms with Crippen LogP contribution in [0.2, 0.25) is 5.02 Å². The van der Waals surface area contributed by atoms with Crippen molar-refractivity contribution in [2.75, 3.05) is 6.61 Å². The summed E-state index contributed by atoms with van der Waals surface area (Å²) in [5.41, 5.74) is 1.25. The summed E-state index contributed by atoms with van der Waals surface area (Å²) in [6.45, 7) is 4.05. The number of carbonyl (C=O) groups excluding carboxylic acids is 2. The van der Waals surface area contributed by atoms with Crippen molar-refractivity contribution in [1.29, 1.82) is 0 Å². The molecule has 1 aromatic rings. The minimum Gasteiger partial charge on any atom is -0.493 e. The Hall–Kier alpha value is -1.79. The lowest BCUT2D eigenvalue weighted by Gasteiger charge is -2.27. The van der Waals surface area contributed by atoms with Crippen LogP contribution in [0, 0.1) is 23.7 Å². The van der Waals surface area contributed by atoms with Crippen LogP contribution in [0.1, 0.15) is 50.2 Å². The Morgan fingerprint density at radius 3 is 2.43 bits per heavy atom. The van der Waals surface area contributed by atoms with Crippen LogP contribution in [-0.4, -0.2) is 18.2 Å². The zero-order valence-corrected chi connectivity index (χ0v) is 14.1. The first-order valence-corrected chi connectivity index (χ1v) is 8.41. The van der Waals surface area contributed by atoms with Gasteiger partial charge in [0.05, 0.1) is 6.61 Å². The van der Waals surface area contributed by atoms with Crippen LogP contribution in [0.5, 0.6) is 5.75 Å². The van der Waals surface area contributed by atoms with Gasteiger partial charge in [-0.3, -0.25) is 9.59 Å². The Labute approximate surface area is 141 Å². The van der Waals surface area contributed by atoms with Crippen molar-refractivity contribution in [3.8, 4) is 17.6 Å². The first kappa shape index (κ1) is 16.1. The van der Waals surface area contributed by atoms with Gasteiger partial charge < -0.3 is 4.74 Å². The molecule has 120 valence electrons. The standard InChI is InChI=1S/C19H19ClO3/c1-3-5-11-8-14(20)16(15(9-11)23-4-2)17-18(21)12-6-7-13(10-12)19(17)22/h8-9,12-13,17H,4,6-7,10H2,1-2H3. The molecule has 23 heavy (non-hydrogen) atoms. The van der Waals surface area contributed by atoms with Gasteiger partial charge in [0.25, 0.3) is 0 Å². The van der Waals surface area contributed by atoms with E-state index < -0.39 is 5.92 Å². The topological polar surface area (TPSA) is 43.4 Å². The average Bonchev–Trinajstić information content (AvgIpc) is 2.96. The van der Waals surface area contributed by atoms with Gasteiger partial charge in [0.2, 0.25) is 0 Å². The van der Waals surface area contributed by atoms with E-state index in [0.29, 0.717) is 29.4 Å². The largest absolute Gasteiger partial charge is 0.493 e. The van der Waals surface area contributed by atoms with E-state index >= 15 is 0 Å². The fourth-order valence-electron chi connectivity index (χ4n) is 3.76. The molecule has 0 aliphatic heterocycles. The van der Waals surface area contributed by atoms with Crippen molar-refractivity contribution in [3.63, 3.8) is 0 Å². The second-order valence-corrected chi connectivity index (χ2v) is 6.53. The number of fused-ring (bicyclic) bond motifs is 2. The van der Waals surface area contributed by atoms with Gasteiger partial charge in [-0.25, -0.2) is 0 Å². The highest BCUT2D eigenvalue weighted by Gasteiger charge is 2.48. The number of Topliss-reactive ketones (excluding diaryl/α,β-unsaturated/α-hetero) is 2. The number of hydrogen-bond donors (Lipinski definition) is 0. The van der Waals surface area contributed by atoms with Gasteiger partial charge in [0.1, 0.15) is 11.7 Å². The summed E-state index contributed by atoms with van der Waals surface area (Å²) in [6, 6.07) is 3.49. The fraction of sp³-hybridized carbons (Fsp3) is 0.474. The Morgan fingerprint density at radius 1 is 1.22 bits per heavy atom. The average molecular weight is 331 g/mol. The number of rotatable bonds is 3. The van der Waals surface area contributed by atoms with Crippen molar-refractivity contribution in [2.24, 2.45) is 11.8 Å². The highest BCUT2D eigenvalue weighted by Crippen LogP contribution is 2.47. The molecule has 1 aromatic carbocycles. The molecule has 2 unspecified atom stereocenters. The molecule has 2 saturated carbocycles. The summed E-state index contributed by atoms with van der Waals surface area (Å²) in [6.07, 6.45) is 2.33. The van der Waals surface area contributed by atoms with Crippen LogP contribution >= 0.6 is 11.6 Å². The molecule has 2 atom stereocenters. The van der Waals surface area contributed by atoms with Crippen molar-refractivity contribution >= 4 is 23.2 Å². The monoisotopic (exact) mass is 330 g/mol. The predicted molar refractivity (Wildman–Crippen MR) is 88.8 cm³/mol. The first-order chi connectivity index (χ1) is 11.1. The molecule has 2 bridgehead atoms. The van der Waals surface area contributed by atoms with Crippen molar-refractivity contribution in [2.45, 2.75) is 39.0 Å². The zero-order valence-electron chi connectivity index (χ0n) is 13.3. The summed E-state index contributed by atoms with van der Waals surface area (Å²) in [4.78, 5) is 25.5. The van der Waals surface area contributed by atoms with Gasteiger partial charge in [-0.05, 0) is 45.2 Å². The normalized spacial score (nSPS) is 26.0. The molecule has 2 fully saturated rings. The van der Waals surface area contributed by atoms with Gasteiger partial charge in [-0.15, -0.1) is 5.92 Å². The van der Waals surface area contributed by atoms with Crippen LogP contribution in [0.15, 0.2) is 12.1 Å². The summed E-state index contributed by atoms with van der Waals surface area (Å²) >= 11 is 6.43. The Kier molecular flexibility index (Phi) is 4.46. The van der Waals surface area contributed by atoms with E-state index in [9.17, 15) is 9.59 Å². The molecule has 0 heterocycles. The third-order valence-electron chi connectivity index (χ3n) is 4.76. The highest BCUT2D eigenvalue weighted by atomic mass is 35.5. The van der Waals surface area contributed by atoms with Crippen molar-refractivity contribution < 1.29 is 14.3 Å². The van der Waals surface area contributed by atoms with E-state index in [1.807, 2.05) is 6.92 Å². The Balaban J connectivity index is 2.12. The summed E-state index contributed by atoms with van der Waals surface area (Å²) in [5.74, 6) is 5.48. The quantitative estimate of drug-likeness (QED) is 0.626. The zero-order chi connectivity index (χ0) is 16.6. The van der Waals surface area contributed by atoms with Crippen LogP contribution in [0.4, 0.5) is 0 Å². The van der Waals surface area contributed by atoms with E-state index in [1.54, 1.807) is 19.1 Å². The molecule has 3 rings (SSSR count). The summed E-state index contributed by atoms with van der Waals surface area (Å²) in [5, 5.41) is 0.390. The molecule has 2 aliphatic rings. The number of hydrogen-bond acceptors (Lipinski definition) is 3. The van der Waals surface area contributed by atoms with Crippen LogP contribution in [-0.2, 0) is 9.59 Å². The van der Waals surface area contributed by atoms with E-state index in [4.69, 9.17) is 16.3 Å². The van der Waals surface area contributed by atoms with Gasteiger partial charge in [-0.2, -0.15) is 0 Å². The van der Waals surface area contributed by atoms with Gasteiger partial charge in [-0.1, -0.05) is 17.5 Å². The molecular formula is C19H19ClO3. The second kappa shape index (κ2) is 6.37. The molecule has 2 aliphatic carbocycles. The fourth-order valence-corrected chi connectivity index (χ4v) is 4.08. The lowest BCUT2D eigenvalue weighted by Crippen LogP contribution is -2.35. The van der Waals surface area contributed by atoms with Gasteiger partial charge in [0.15, 0.2) is 11.6 Å². The molecule has 0 amide bonds. The Bertz CT molecular complexity index is 704. The van der Waals surface area contributed by atoms with Crippen molar-refractivity contribution in [3.05, 3.63) is 28.3 Å². The number of benzene rings is 1. The SMILES string of the molecule is CC#Cc1cc(Cl)c(C2C(=O)C3CCC(C3)C2=O)c(OCC)c1. The minimum atomic E-state index is -0.779. The first-order valence-electron chi connectivity index (χ1n) is 8.03. The van der Waals surface area contributed by atoms with Crippen LogP contribution < -0.4 is 4.74 Å². The molecule has 3 nitrogen and oxygen atoms in total. The minimum absolute atomic E-state index is 0.000860. The summed E-state index contributed by atoms with van der Waals surface area (Å²) < 4.78 is 5.69. The van der Waals surface area contributed by atoms with Crippen LogP contribution in [0.3, 0.4) is 0 Å². The van der Waals surface area contributed by atoms with E-state index in [0.717, 1.165) is 18.4 Å². The maximum Gasteiger partial charge on any atom is 0.151 e. The third-order valence-corrected chi connectivity index (χ3v) is 5.07. The summed E-state index contributed by atoms with van der Waals surface area (Å²) in [7, 11) is 0. The number of halogens is 1.